The van der Waals surface area contributed by atoms with E-state index in [1.54, 1.807) is 37.5 Å². The van der Waals surface area contributed by atoms with Gasteiger partial charge in [-0.15, -0.1) is 0 Å². The number of aryl methyl sites for hydroxylation is 1. The van der Waals surface area contributed by atoms with Crippen molar-refractivity contribution in [1.82, 2.24) is 14.8 Å². The molecule has 0 bridgehead atoms. The first kappa shape index (κ1) is 22.2. The van der Waals surface area contributed by atoms with Crippen LogP contribution in [0.3, 0.4) is 0 Å². The van der Waals surface area contributed by atoms with Crippen molar-refractivity contribution < 1.29 is 19.1 Å². The van der Waals surface area contributed by atoms with Crippen LogP contribution in [0.25, 0.3) is 11.8 Å². The number of nitrogens with zero attached hydrogens (tertiary/aromatic N) is 2. The second-order valence-corrected chi connectivity index (χ2v) is 7.80. The molecule has 3 aromatic rings. The second kappa shape index (κ2) is 9.22. The molecule has 2 heterocycles. The van der Waals surface area contributed by atoms with Gasteiger partial charge in [-0.1, -0.05) is 11.6 Å². The Morgan fingerprint density at radius 3 is 2.42 bits per heavy atom. The monoisotopic (exact) mass is 464 g/mol. The van der Waals surface area contributed by atoms with Crippen LogP contribution in [0, 0.1) is 6.92 Å². The summed E-state index contributed by atoms with van der Waals surface area (Å²) < 4.78 is 7.16. The number of benzene rings is 2. The number of carbonyl (C=O) groups excluding carboxylic acids is 3. The Kier molecular flexibility index (Phi) is 6.19. The van der Waals surface area contributed by atoms with Gasteiger partial charge in [0.05, 0.1) is 7.11 Å². The fourth-order valence-electron chi connectivity index (χ4n) is 3.50. The molecule has 0 atom stereocenters. The van der Waals surface area contributed by atoms with Gasteiger partial charge in [-0.3, -0.25) is 9.59 Å². The molecule has 0 saturated carbocycles. The third kappa shape index (κ3) is 4.75. The van der Waals surface area contributed by atoms with Crippen molar-refractivity contribution in [3.8, 4) is 11.4 Å². The smallest absolute Gasteiger partial charge is 0.329 e. The molecule has 168 valence electrons. The van der Waals surface area contributed by atoms with Crippen molar-refractivity contribution in [1.29, 1.82) is 0 Å². The predicted molar refractivity (Wildman–Crippen MR) is 125 cm³/mol. The summed E-state index contributed by atoms with van der Waals surface area (Å²) in [5, 5.41) is 5.73. The zero-order valence-electron chi connectivity index (χ0n) is 18.0. The molecule has 2 aromatic carbocycles. The summed E-state index contributed by atoms with van der Waals surface area (Å²) in [6, 6.07) is 17.1. The van der Waals surface area contributed by atoms with Crippen molar-refractivity contribution >= 4 is 41.2 Å². The minimum absolute atomic E-state index is 0.0900. The Hall–Kier alpha value is -4.04. The van der Waals surface area contributed by atoms with E-state index in [1.807, 2.05) is 47.9 Å². The Balaban J connectivity index is 1.52. The SMILES string of the molecule is COc1ccc(-n2c(C)ccc2/C=C2\NC(=O)N(CC(=O)Nc3ccc(Cl)cc3)C2=O)cc1. The number of hydrogen-bond donors (Lipinski definition) is 2. The number of hydrogen-bond acceptors (Lipinski definition) is 4. The van der Waals surface area contributed by atoms with E-state index >= 15 is 0 Å². The maximum Gasteiger partial charge on any atom is 0.329 e. The quantitative estimate of drug-likeness (QED) is 0.426. The number of amides is 4. The molecular weight excluding hydrogens is 444 g/mol. The van der Waals surface area contributed by atoms with Gasteiger partial charge < -0.3 is 19.9 Å². The van der Waals surface area contributed by atoms with Crippen molar-refractivity contribution in [2.75, 3.05) is 19.0 Å². The first-order chi connectivity index (χ1) is 15.9. The zero-order chi connectivity index (χ0) is 23.5. The van der Waals surface area contributed by atoms with Crippen LogP contribution in [0.5, 0.6) is 5.75 Å². The molecule has 1 aliphatic rings. The summed E-state index contributed by atoms with van der Waals surface area (Å²) in [5.41, 5.74) is 3.13. The number of methoxy groups -OCH3 is 1. The number of urea groups is 1. The highest BCUT2D eigenvalue weighted by atomic mass is 35.5. The summed E-state index contributed by atoms with van der Waals surface area (Å²) in [6.45, 7) is 1.53. The highest BCUT2D eigenvalue weighted by Crippen LogP contribution is 2.23. The van der Waals surface area contributed by atoms with Crippen molar-refractivity contribution in [3.05, 3.63) is 82.8 Å². The van der Waals surface area contributed by atoms with Crippen LogP contribution >= 0.6 is 11.6 Å². The van der Waals surface area contributed by atoms with Gasteiger partial charge in [-0.2, -0.15) is 0 Å². The standard InChI is InChI=1S/C24H21ClN4O4/c1-15-3-8-19(29(15)18-9-11-20(33-2)12-10-18)13-21-23(31)28(24(32)27-21)14-22(30)26-17-6-4-16(25)5-7-17/h3-13H,14H2,1-2H3,(H,26,30)(H,27,32)/b21-13-. The number of nitrogens with one attached hydrogen (secondary N) is 2. The zero-order valence-corrected chi connectivity index (χ0v) is 18.7. The molecule has 1 fully saturated rings. The third-order valence-corrected chi connectivity index (χ3v) is 5.37. The van der Waals surface area contributed by atoms with Gasteiger partial charge in [0, 0.05) is 27.8 Å². The fourth-order valence-corrected chi connectivity index (χ4v) is 3.62. The molecule has 2 N–H and O–H groups in total. The van der Waals surface area contributed by atoms with E-state index in [-0.39, 0.29) is 5.70 Å². The predicted octanol–water partition coefficient (Wildman–Crippen LogP) is 3.98. The molecule has 4 rings (SSSR count). The van der Waals surface area contributed by atoms with Gasteiger partial charge in [0.2, 0.25) is 5.91 Å². The molecule has 0 aliphatic carbocycles. The lowest BCUT2D eigenvalue weighted by Crippen LogP contribution is -2.38. The summed E-state index contributed by atoms with van der Waals surface area (Å²) in [7, 11) is 1.60. The summed E-state index contributed by atoms with van der Waals surface area (Å²) in [5.74, 6) is -0.347. The van der Waals surface area contributed by atoms with Crippen molar-refractivity contribution in [2.24, 2.45) is 0 Å². The van der Waals surface area contributed by atoms with E-state index in [1.165, 1.54) is 0 Å². The number of imide groups is 1. The Labute approximate surface area is 195 Å². The molecule has 0 radical (unpaired) electrons. The van der Waals surface area contributed by atoms with Gasteiger partial charge >= 0.3 is 6.03 Å². The first-order valence-electron chi connectivity index (χ1n) is 10.1. The number of halogens is 1. The van der Waals surface area contributed by atoms with Gasteiger partial charge in [-0.05, 0) is 73.7 Å². The highest BCUT2D eigenvalue weighted by Gasteiger charge is 2.35. The van der Waals surface area contributed by atoms with E-state index in [2.05, 4.69) is 10.6 Å². The maximum atomic E-state index is 12.8. The lowest BCUT2D eigenvalue weighted by atomic mass is 10.2. The van der Waals surface area contributed by atoms with Crippen molar-refractivity contribution in [3.63, 3.8) is 0 Å². The molecule has 8 nitrogen and oxygen atoms in total. The van der Waals surface area contributed by atoms with Crippen LogP contribution in [0.2, 0.25) is 5.02 Å². The average Bonchev–Trinajstić information content (AvgIpc) is 3.29. The van der Waals surface area contributed by atoms with E-state index in [4.69, 9.17) is 16.3 Å². The molecule has 1 saturated heterocycles. The van der Waals surface area contributed by atoms with Crippen molar-refractivity contribution in [2.45, 2.75) is 6.92 Å². The lowest BCUT2D eigenvalue weighted by molar-refractivity contribution is -0.127. The van der Waals surface area contributed by atoms with Gasteiger partial charge in [-0.25, -0.2) is 9.69 Å². The van der Waals surface area contributed by atoms with Crippen LogP contribution in [0.15, 0.2) is 66.4 Å². The Bertz CT molecular complexity index is 1250. The normalized spacial score (nSPS) is 14.5. The minimum Gasteiger partial charge on any atom is -0.497 e. The van der Waals surface area contributed by atoms with E-state index < -0.39 is 24.4 Å². The summed E-state index contributed by atoms with van der Waals surface area (Å²) >= 11 is 5.84. The Morgan fingerprint density at radius 2 is 1.76 bits per heavy atom. The van der Waals surface area contributed by atoms with Gasteiger partial charge in [0.25, 0.3) is 5.91 Å². The number of aromatic nitrogens is 1. The van der Waals surface area contributed by atoms with Crippen LogP contribution < -0.4 is 15.4 Å². The molecule has 0 unspecified atom stereocenters. The van der Waals surface area contributed by atoms with E-state index in [0.717, 1.165) is 22.0 Å². The van der Waals surface area contributed by atoms with Crippen LogP contribution in [-0.2, 0) is 9.59 Å². The van der Waals surface area contributed by atoms with E-state index in [9.17, 15) is 14.4 Å². The Morgan fingerprint density at radius 1 is 1.06 bits per heavy atom. The molecule has 1 aromatic heterocycles. The van der Waals surface area contributed by atoms with Crippen LogP contribution in [0.4, 0.5) is 10.5 Å². The summed E-state index contributed by atoms with van der Waals surface area (Å²) in [4.78, 5) is 38.4. The first-order valence-corrected chi connectivity index (χ1v) is 10.5. The van der Waals surface area contributed by atoms with Crippen LogP contribution in [-0.4, -0.2) is 41.0 Å². The third-order valence-electron chi connectivity index (χ3n) is 5.12. The molecule has 1 aliphatic heterocycles. The van der Waals surface area contributed by atoms with Gasteiger partial charge in [0.1, 0.15) is 18.0 Å². The number of rotatable bonds is 6. The van der Waals surface area contributed by atoms with Gasteiger partial charge in [0.15, 0.2) is 0 Å². The number of carbonyl (C=O) groups is 3. The fraction of sp³-hybridized carbons (Fsp3) is 0.125. The highest BCUT2D eigenvalue weighted by molar-refractivity contribution is 6.30. The molecular formula is C24H21ClN4O4. The maximum absolute atomic E-state index is 12.8. The molecule has 33 heavy (non-hydrogen) atoms. The molecule has 4 amide bonds. The topological polar surface area (TPSA) is 92.7 Å². The molecule has 9 heteroatoms. The lowest BCUT2D eigenvalue weighted by Gasteiger charge is -2.12. The largest absolute Gasteiger partial charge is 0.497 e. The summed E-state index contributed by atoms with van der Waals surface area (Å²) in [6.07, 6.45) is 1.59. The minimum atomic E-state index is -0.656. The molecule has 0 spiro atoms. The van der Waals surface area contributed by atoms with Crippen LogP contribution in [0.1, 0.15) is 11.4 Å². The number of ether oxygens (including phenoxy) is 1. The van der Waals surface area contributed by atoms with E-state index in [0.29, 0.717) is 16.4 Å². The average molecular weight is 465 g/mol. The second-order valence-electron chi connectivity index (χ2n) is 7.37. The number of anilines is 1.